The summed E-state index contributed by atoms with van der Waals surface area (Å²) in [6, 6.07) is 0. The zero-order valence-corrected chi connectivity index (χ0v) is 11.5. The molecule has 0 aliphatic carbocycles. The molecule has 0 bridgehead atoms. The molecule has 0 aromatic heterocycles. The van der Waals surface area contributed by atoms with Gasteiger partial charge < -0.3 is 20.7 Å². The van der Waals surface area contributed by atoms with E-state index in [2.05, 4.69) is 0 Å². The number of hydrogen-bond acceptors (Lipinski definition) is 7. The lowest BCUT2D eigenvalue weighted by molar-refractivity contribution is -0.157. The largest absolute Gasteiger partial charge is 0.477 e. The molecule has 1 fully saturated rings. The summed E-state index contributed by atoms with van der Waals surface area (Å²) < 4.78 is 4.79. The fourth-order valence-corrected chi connectivity index (χ4v) is 3.56. The van der Waals surface area contributed by atoms with E-state index >= 15 is 0 Å². The van der Waals surface area contributed by atoms with Crippen LogP contribution in [0.15, 0.2) is 11.3 Å². The van der Waals surface area contributed by atoms with Gasteiger partial charge in [0.05, 0.1) is 6.61 Å². The Balaban J connectivity index is 2.31. The molecule has 8 nitrogen and oxygen atoms in total. The molecule has 2 aliphatic heterocycles. The van der Waals surface area contributed by atoms with Crippen LogP contribution < -0.4 is 5.73 Å². The number of β-lactam (4-membered cyclic amide) rings is 1. The number of aliphatic hydroxyl groups is 1. The minimum absolute atomic E-state index is 0.183. The molecular weight excluding hydrogens is 288 g/mol. The topological polar surface area (TPSA) is 130 Å². The second-order valence-electron chi connectivity index (χ2n) is 4.57. The minimum Gasteiger partial charge on any atom is -0.477 e. The molecule has 1 saturated heterocycles. The fraction of sp³-hybridized carbons (Fsp3) is 0.545. The number of aliphatic hydroxyl groups excluding tert-OH is 1. The summed E-state index contributed by atoms with van der Waals surface area (Å²) in [5, 5.41) is 17.8. The molecule has 2 heterocycles. The molecule has 1 amide bonds. The molecule has 0 aromatic rings. The summed E-state index contributed by atoms with van der Waals surface area (Å²) in [6.45, 7) is 0.481. The third kappa shape index (κ3) is 2.07. The molecule has 2 atom stereocenters. The van der Waals surface area contributed by atoms with Crippen molar-refractivity contribution in [2.75, 3.05) is 19.0 Å². The van der Waals surface area contributed by atoms with E-state index in [1.807, 2.05) is 0 Å². The van der Waals surface area contributed by atoms with Gasteiger partial charge in [-0.3, -0.25) is 14.5 Å². The first kappa shape index (κ1) is 14.8. The molecule has 20 heavy (non-hydrogen) atoms. The Morgan fingerprint density at radius 3 is 2.75 bits per heavy atom. The number of amides is 1. The average molecular weight is 302 g/mol. The van der Waals surface area contributed by atoms with Crippen LogP contribution in [0.5, 0.6) is 0 Å². The van der Waals surface area contributed by atoms with Crippen LogP contribution in [-0.4, -0.2) is 62.8 Å². The number of thioether (sulfide) groups is 1. The summed E-state index contributed by atoms with van der Waals surface area (Å²) >= 11 is 1.24. The zero-order valence-electron chi connectivity index (χ0n) is 10.7. The van der Waals surface area contributed by atoms with E-state index in [4.69, 9.17) is 10.5 Å². The standard InChI is InChI=1S/C11H14N2O6S/c1-5(15)19-2-6-3-20-10-11(12,4-14)9(18)13(10)7(6)8(16)17/h10,14H,2-4,12H2,1H3,(H,16,17)/t10-,11?/m1/s1. The van der Waals surface area contributed by atoms with Crippen molar-refractivity contribution < 1.29 is 29.3 Å². The molecule has 0 aromatic carbocycles. The maximum atomic E-state index is 12.0. The molecule has 2 rings (SSSR count). The van der Waals surface area contributed by atoms with Crippen molar-refractivity contribution in [3.05, 3.63) is 11.3 Å². The first-order valence-corrected chi connectivity index (χ1v) is 6.81. The van der Waals surface area contributed by atoms with E-state index < -0.39 is 35.4 Å². The number of nitrogens with two attached hydrogens (primary N) is 1. The van der Waals surface area contributed by atoms with Gasteiger partial charge in [0.1, 0.15) is 23.2 Å². The number of hydrogen-bond donors (Lipinski definition) is 3. The summed E-state index contributed by atoms with van der Waals surface area (Å²) in [5.74, 6) is -2.20. The quantitative estimate of drug-likeness (QED) is 0.422. The molecular formula is C11H14N2O6S. The third-order valence-electron chi connectivity index (χ3n) is 3.20. The number of carboxylic acid groups (broad SMARTS) is 1. The van der Waals surface area contributed by atoms with Crippen LogP contribution in [0, 0.1) is 0 Å². The molecule has 0 spiro atoms. The van der Waals surface area contributed by atoms with Crippen molar-refractivity contribution in [2.45, 2.75) is 17.8 Å². The van der Waals surface area contributed by atoms with E-state index in [9.17, 15) is 24.6 Å². The van der Waals surface area contributed by atoms with Crippen LogP contribution in [0.4, 0.5) is 0 Å². The minimum atomic E-state index is -1.45. The maximum absolute atomic E-state index is 12.0. The van der Waals surface area contributed by atoms with Crippen molar-refractivity contribution in [3.8, 4) is 0 Å². The number of rotatable bonds is 4. The summed E-state index contributed by atoms with van der Waals surface area (Å²) in [6.07, 6.45) is 0. The van der Waals surface area contributed by atoms with Gasteiger partial charge in [-0.2, -0.15) is 0 Å². The van der Waals surface area contributed by atoms with E-state index in [-0.39, 0.29) is 18.1 Å². The monoisotopic (exact) mass is 302 g/mol. The van der Waals surface area contributed by atoms with Crippen molar-refractivity contribution in [3.63, 3.8) is 0 Å². The Morgan fingerprint density at radius 2 is 2.25 bits per heavy atom. The summed E-state index contributed by atoms with van der Waals surface area (Å²) in [7, 11) is 0. The highest BCUT2D eigenvalue weighted by atomic mass is 32.2. The highest BCUT2D eigenvalue weighted by Gasteiger charge is 2.62. The van der Waals surface area contributed by atoms with Gasteiger partial charge in [-0.15, -0.1) is 11.8 Å². The van der Waals surface area contributed by atoms with Gasteiger partial charge >= 0.3 is 11.9 Å². The molecule has 0 saturated carbocycles. The second kappa shape index (κ2) is 5.08. The molecule has 1 unspecified atom stereocenters. The van der Waals surface area contributed by atoms with Crippen LogP contribution in [0.1, 0.15) is 6.92 Å². The van der Waals surface area contributed by atoms with Crippen LogP contribution in [-0.2, 0) is 19.1 Å². The maximum Gasteiger partial charge on any atom is 0.352 e. The van der Waals surface area contributed by atoms with Crippen LogP contribution in [0.3, 0.4) is 0 Å². The fourth-order valence-electron chi connectivity index (χ4n) is 2.16. The van der Waals surface area contributed by atoms with Crippen molar-refractivity contribution in [1.82, 2.24) is 4.90 Å². The van der Waals surface area contributed by atoms with Gasteiger partial charge in [-0.1, -0.05) is 0 Å². The number of carbonyl (C=O) groups excluding carboxylic acids is 2. The third-order valence-corrected chi connectivity index (χ3v) is 4.66. The molecule has 0 radical (unpaired) electrons. The Morgan fingerprint density at radius 1 is 1.60 bits per heavy atom. The van der Waals surface area contributed by atoms with Gasteiger partial charge in [-0.25, -0.2) is 4.79 Å². The molecule has 4 N–H and O–H groups in total. The smallest absolute Gasteiger partial charge is 0.352 e. The SMILES string of the molecule is CC(=O)OCC1=C(C(=O)O)N2C(=O)C(N)(CO)[C@H]2SC1. The summed E-state index contributed by atoms with van der Waals surface area (Å²) in [5.41, 5.74) is 4.44. The average Bonchev–Trinajstić information content (AvgIpc) is 2.42. The van der Waals surface area contributed by atoms with Gasteiger partial charge in [0.2, 0.25) is 0 Å². The lowest BCUT2D eigenvalue weighted by Gasteiger charge is -2.54. The number of carboxylic acids is 1. The Kier molecular flexibility index (Phi) is 3.76. The Hall–Kier alpha value is -1.58. The number of ether oxygens (including phenoxy) is 1. The van der Waals surface area contributed by atoms with Crippen molar-refractivity contribution in [2.24, 2.45) is 5.73 Å². The first-order valence-electron chi connectivity index (χ1n) is 5.76. The Labute approximate surface area is 118 Å². The van der Waals surface area contributed by atoms with Crippen molar-refractivity contribution in [1.29, 1.82) is 0 Å². The van der Waals surface area contributed by atoms with E-state index in [1.165, 1.54) is 18.7 Å². The van der Waals surface area contributed by atoms with Crippen LogP contribution >= 0.6 is 11.8 Å². The van der Waals surface area contributed by atoms with Crippen LogP contribution in [0.25, 0.3) is 0 Å². The van der Waals surface area contributed by atoms with E-state index in [1.54, 1.807) is 0 Å². The lowest BCUT2D eigenvalue weighted by atomic mass is 9.88. The molecule has 9 heteroatoms. The first-order chi connectivity index (χ1) is 9.32. The van der Waals surface area contributed by atoms with E-state index in [0.29, 0.717) is 5.57 Å². The van der Waals surface area contributed by atoms with Gasteiger partial charge in [0.15, 0.2) is 0 Å². The van der Waals surface area contributed by atoms with Crippen molar-refractivity contribution >= 4 is 29.6 Å². The van der Waals surface area contributed by atoms with Crippen LogP contribution in [0.2, 0.25) is 0 Å². The number of carbonyl (C=O) groups is 3. The highest BCUT2D eigenvalue weighted by molar-refractivity contribution is 8.00. The zero-order chi connectivity index (χ0) is 15.1. The molecule has 2 aliphatic rings. The number of esters is 1. The lowest BCUT2D eigenvalue weighted by Crippen LogP contribution is -2.79. The highest BCUT2D eigenvalue weighted by Crippen LogP contribution is 2.44. The normalized spacial score (nSPS) is 28.9. The summed E-state index contributed by atoms with van der Waals surface area (Å²) in [4.78, 5) is 35.2. The Bertz CT molecular complexity index is 519. The number of fused-ring (bicyclic) bond motifs is 1. The molecule has 110 valence electrons. The predicted octanol–water partition coefficient (Wildman–Crippen LogP) is -1.51. The van der Waals surface area contributed by atoms with Gasteiger partial charge in [0.25, 0.3) is 5.91 Å². The van der Waals surface area contributed by atoms with E-state index in [0.717, 1.165) is 4.90 Å². The predicted molar refractivity (Wildman–Crippen MR) is 68.4 cm³/mol. The number of aliphatic carboxylic acids is 1. The van der Waals surface area contributed by atoms with Gasteiger partial charge in [0, 0.05) is 18.2 Å². The van der Waals surface area contributed by atoms with Gasteiger partial charge in [-0.05, 0) is 0 Å². The second-order valence-corrected chi connectivity index (χ2v) is 5.64. The number of nitrogens with zero attached hydrogens (tertiary/aromatic N) is 1.